The van der Waals surface area contributed by atoms with Crippen molar-refractivity contribution in [3.8, 4) is 5.69 Å². The van der Waals surface area contributed by atoms with Crippen molar-refractivity contribution in [1.29, 1.82) is 0 Å². The summed E-state index contributed by atoms with van der Waals surface area (Å²) in [5.74, 6) is -9.67. The molecule has 0 fully saturated rings. The van der Waals surface area contributed by atoms with E-state index in [0.29, 0.717) is 18.7 Å². The summed E-state index contributed by atoms with van der Waals surface area (Å²) in [6.07, 6.45) is 2.30. The Balaban J connectivity index is 0.000000748. The van der Waals surface area contributed by atoms with E-state index in [-0.39, 0.29) is 0 Å². The van der Waals surface area contributed by atoms with Gasteiger partial charge in [-0.3, -0.25) is 0 Å². The van der Waals surface area contributed by atoms with E-state index < -0.39 is 62.0 Å². The lowest BCUT2D eigenvalue weighted by atomic mass is 9.79. The molecule has 0 saturated heterocycles. The minimum atomic E-state index is -6.00. The fourth-order valence-electron chi connectivity index (χ4n) is 5.12. The van der Waals surface area contributed by atoms with Crippen molar-refractivity contribution in [2.75, 3.05) is 0 Å². The molecule has 1 aliphatic heterocycles. The molecule has 224 valence electrons. The van der Waals surface area contributed by atoms with E-state index in [1.54, 1.807) is 4.57 Å². The molecule has 0 saturated carbocycles. The summed E-state index contributed by atoms with van der Waals surface area (Å²) in [5.41, 5.74) is -0.336. The van der Waals surface area contributed by atoms with E-state index in [1.807, 2.05) is 60.7 Å². The SMILES string of the molecule is C[Si](C)(C)OC(c1ccccc1)(c1ccccc1)C1CCc2nn(-c3c(F)c(F)c(F)c(F)c3F)c[n+]21.F[B-](F)(F)F. The standard InChI is InChI=1S/C27H25F5N3OSi.BF4/c1-37(2,3)36-27(17-10-6-4-7-11-17,18-12-8-5-9-13-18)19-14-15-20-33-35(16-34(19)20)26-24(31)22(29)21(28)23(30)25(26)32;2-1(3,4)5/h4-13,16,19H,14-15H2,1-3H3;/q+1;-1. The molecule has 1 aromatic heterocycles. The Labute approximate surface area is 236 Å². The molecule has 15 heteroatoms. The number of benzene rings is 3. The lowest BCUT2D eigenvalue weighted by Gasteiger charge is -2.43. The van der Waals surface area contributed by atoms with Crippen molar-refractivity contribution < 1.29 is 48.2 Å². The van der Waals surface area contributed by atoms with E-state index in [2.05, 4.69) is 24.7 Å². The molecular weight excluding hydrogens is 592 g/mol. The van der Waals surface area contributed by atoms with Gasteiger partial charge in [-0.05, 0) is 37.2 Å². The van der Waals surface area contributed by atoms with Crippen LogP contribution in [0, 0.1) is 29.1 Å². The minimum Gasteiger partial charge on any atom is -0.418 e. The molecule has 5 rings (SSSR count). The van der Waals surface area contributed by atoms with Crippen LogP contribution < -0.4 is 4.57 Å². The number of rotatable bonds is 6. The molecule has 1 aliphatic rings. The van der Waals surface area contributed by atoms with E-state index in [4.69, 9.17) is 4.43 Å². The van der Waals surface area contributed by atoms with Gasteiger partial charge in [0.15, 0.2) is 8.32 Å². The molecule has 0 radical (unpaired) electrons. The van der Waals surface area contributed by atoms with Gasteiger partial charge < -0.3 is 21.7 Å². The van der Waals surface area contributed by atoms with Crippen molar-refractivity contribution in [3.05, 3.63) is 113 Å². The molecule has 0 bridgehead atoms. The Morgan fingerprint density at radius 3 is 1.64 bits per heavy atom. The molecule has 1 unspecified atom stereocenters. The zero-order valence-corrected chi connectivity index (χ0v) is 23.6. The summed E-state index contributed by atoms with van der Waals surface area (Å²) in [7, 11) is -8.24. The van der Waals surface area contributed by atoms with Gasteiger partial charge in [-0.25, -0.2) is 17.7 Å². The molecule has 42 heavy (non-hydrogen) atoms. The molecule has 1 atom stereocenters. The maximum absolute atomic E-state index is 14.6. The third-order valence-corrected chi connectivity index (χ3v) is 7.42. The van der Waals surface area contributed by atoms with Crippen LogP contribution in [0.1, 0.15) is 29.4 Å². The molecular formula is C27H25BF9N3OSi. The summed E-state index contributed by atoms with van der Waals surface area (Å²) in [4.78, 5) is 0. The summed E-state index contributed by atoms with van der Waals surface area (Å²) >= 11 is 0. The first-order valence-corrected chi connectivity index (χ1v) is 16.2. The highest BCUT2D eigenvalue weighted by atomic mass is 28.4. The van der Waals surface area contributed by atoms with Crippen LogP contribution in [0.25, 0.3) is 5.69 Å². The van der Waals surface area contributed by atoms with Gasteiger partial charge in [0, 0.05) is 11.5 Å². The van der Waals surface area contributed by atoms with Crippen molar-refractivity contribution >= 4 is 15.6 Å². The van der Waals surface area contributed by atoms with Gasteiger partial charge >= 0.3 is 7.25 Å². The highest BCUT2D eigenvalue weighted by Gasteiger charge is 2.52. The molecule has 4 nitrogen and oxygen atoms in total. The Bertz CT molecular complexity index is 1490. The van der Waals surface area contributed by atoms with Gasteiger partial charge in [-0.1, -0.05) is 65.3 Å². The van der Waals surface area contributed by atoms with Crippen LogP contribution in [-0.4, -0.2) is 25.4 Å². The summed E-state index contributed by atoms with van der Waals surface area (Å²) in [5, 5.41) is 4.24. The monoisotopic (exact) mass is 617 g/mol. The first kappa shape index (κ1) is 31.3. The Kier molecular flexibility index (Phi) is 8.65. The Morgan fingerprint density at radius 2 is 1.21 bits per heavy atom. The number of aryl methyl sites for hydroxylation is 1. The van der Waals surface area contributed by atoms with Gasteiger partial charge in [0.25, 0.3) is 5.82 Å². The normalized spacial score (nSPS) is 15.3. The second-order valence-corrected chi connectivity index (χ2v) is 15.0. The molecule has 0 N–H and O–H groups in total. The predicted molar refractivity (Wildman–Crippen MR) is 139 cm³/mol. The number of fused-ring (bicyclic) bond motifs is 1. The number of nitrogens with zero attached hydrogens (tertiary/aromatic N) is 3. The second-order valence-electron chi connectivity index (χ2n) is 10.5. The maximum Gasteiger partial charge on any atom is 0.673 e. The highest BCUT2D eigenvalue weighted by molar-refractivity contribution is 6.69. The third-order valence-electron chi connectivity index (χ3n) is 6.49. The maximum atomic E-state index is 14.6. The average Bonchev–Trinajstić information content (AvgIpc) is 3.50. The Hall–Kier alpha value is -3.59. The van der Waals surface area contributed by atoms with Crippen molar-refractivity contribution in [2.24, 2.45) is 0 Å². The lowest BCUT2D eigenvalue weighted by molar-refractivity contribution is -0.730. The number of hydrogen-bond acceptors (Lipinski definition) is 2. The van der Waals surface area contributed by atoms with E-state index in [9.17, 15) is 39.2 Å². The van der Waals surface area contributed by atoms with Crippen LogP contribution in [0.3, 0.4) is 0 Å². The highest BCUT2D eigenvalue weighted by Crippen LogP contribution is 2.46. The molecule has 2 heterocycles. The molecule has 4 aromatic rings. The topological polar surface area (TPSA) is 30.9 Å². The Morgan fingerprint density at radius 1 is 0.786 bits per heavy atom. The van der Waals surface area contributed by atoms with Crippen molar-refractivity contribution in [3.63, 3.8) is 0 Å². The van der Waals surface area contributed by atoms with Crippen molar-refractivity contribution in [1.82, 2.24) is 9.78 Å². The van der Waals surface area contributed by atoms with Crippen LogP contribution >= 0.6 is 0 Å². The number of hydrogen-bond donors (Lipinski definition) is 0. The van der Waals surface area contributed by atoms with E-state index in [0.717, 1.165) is 15.8 Å². The fourth-order valence-corrected chi connectivity index (χ4v) is 6.46. The fraction of sp³-hybridized carbons (Fsp3) is 0.259. The summed E-state index contributed by atoms with van der Waals surface area (Å²) in [6, 6.07) is 19.0. The smallest absolute Gasteiger partial charge is 0.418 e. The molecule has 3 aromatic carbocycles. The van der Waals surface area contributed by atoms with Crippen molar-refractivity contribution in [2.45, 2.75) is 44.1 Å². The first-order chi connectivity index (χ1) is 19.5. The molecule has 0 amide bonds. The minimum absolute atomic E-state index is 0.408. The van der Waals surface area contributed by atoms with Crippen LogP contribution in [0.2, 0.25) is 19.6 Å². The summed E-state index contributed by atoms with van der Waals surface area (Å²) in [6.45, 7) is 6.23. The lowest BCUT2D eigenvalue weighted by Crippen LogP contribution is -2.54. The molecule has 0 aliphatic carbocycles. The van der Waals surface area contributed by atoms with Crippen LogP contribution in [-0.2, 0) is 16.4 Å². The number of halogens is 9. The average molecular weight is 617 g/mol. The largest absolute Gasteiger partial charge is 0.673 e. The molecule has 0 spiro atoms. The van der Waals surface area contributed by atoms with Gasteiger partial charge in [-0.15, -0.1) is 0 Å². The van der Waals surface area contributed by atoms with Crippen LogP contribution in [0.4, 0.5) is 39.2 Å². The van der Waals surface area contributed by atoms with Gasteiger partial charge in [-0.2, -0.15) is 8.78 Å². The van der Waals surface area contributed by atoms with Gasteiger partial charge in [0.2, 0.25) is 41.1 Å². The van der Waals surface area contributed by atoms with Gasteiger partial charge in [0.1, 0.15) is 11.6 Å². The van der Waals surface area contributed by atoms with Crippen LogP contribution in [0.15, 0.2) is 67.0 Å². The first-order valence-electron chi connectivity index (χ1n) is 12.7. The van der Waals surface area contributed by atoms with Crippen LogP contribution in [0.5, 0.6) is 0 Å². The predicted octanol–water partition coefficient (Wildman–Crippen LogP) is 7.44. The third kappa shape index (κ3) is 6.26. The zero-order chi connectivity index (χ0) is 31.0. The van der Waals surface area contributed by atoms with E-state index in [1.165, 1.54) is 6.33 Å². The number of aromatic nitrogens is 3. The van der Waals surface area contributed by atoms with Gasteiger partial charge in [0.05, 0.1) is 0 Å². The summed E-state index contributed by atoms with van der Waals surface area (Å²) < 4.78 is 119. The van der Waals surface area contributed by atoms with E-state index >= 15 is 0 Å². The zero-order valence-electron chi connectivity index (χ0n) is 22.6. The second kappa shape index (κ2) is 11.6. The quantitative estimate of drug-likeness (QED) is 0.0741.